The van der Waals surface area contributed by atoms with Crippen LogP contribution in [0, 0.1) is 13.8 Å². The lowest BCUT2D eigenvalue weighted by Crippen LogP contribution is -2.19. The van der Waals surface area contributed by atoms with Crippen molar-refractivity contribution in [2.75, 3.05) is 32.0 Å². The Morgan fingerprint density at radius 2 is 1.47 bits per heavy atom. The molecule has 0 saturated carbocycles. The number of benzene rings is 2. The standard InChI is InChI=1S/C25H26N6O5/c1-15-12-16(2)31(30-15)22-10-11-23(29-28-22)36-19-8-6-17(7-9-19)26-25(32)27-18-13-20(33-3)24(35-5)21(14-18)34-4/h6-14H,1-5H3,(H2,26,27,32). The minimum atomic E-state index is -0.441. The number of carbonyl (C=O) groups is 1. The highest BCUT2D eigenvalue weighted by Crippen LogP contribution is 2.40. The van der Waals surface area contributed by atoms with Crippen molar-refractivity contribution in [2.24, 2.45) is 0 Å². The van der Waals surface area contributed by atoms with Crippen LogP contribution in [0.5, 0.6) is 28.9 Å². The Morgan fingerprint density at radius 1 is 0.806 bits per heavy atom. The van der Waals surface area contributed by atoms with E-state index in [2.05, 4.69) is 25.9 Å². The molecule has 0 aliphatic carbocycles. The molecule has 0 bridgehead atoms. The molecule has 2 aromatic carbocycles. The molecule has 186 valence electrons. The van der Waals surface area contributed by atoms with Gasteiger partial charge in [-0.15, -0.1) is 10.2 Å². The lowest BCUT2D eigenvalue weighted by atomic mass is 10.2. The Morgan fingerprint density at radius 3 is 2.00 bits per heavy atom. The molecule has 0 spiro atoms. The molecule has 11 heteroatoms. The number of aryl methyl sites for hydroxylation is 2. The first-order valence-electron chi connectivity index (χ1n) is 10.9. The molecular formula is C25H26N6O5. The number of anilines is 2. The monoisotopic (exact) mass is 490 g/mol. The van der Waals surface area contributed by atoms with Crippen LogP contribution in [0.1, 0.15) is 11.4 Å². The molecule has 2 aromatic heterocycles. The highest BCUT2D eigenvalue weighted by atomic mass is 16.5. The summed E-state index contributed by atoms with van der Waals surface area (Å²) in [6, 6.07) is 15.1. The Kier molecular flexibility index (Phi) is 7.19. The SMILES string of the molecule is COc1cc(NC(=O)Nc2ccc(Oc3ccc(-n4nc(C)cc4C)nn3)cc2)cc(OC)c1OC. The van der Waals surface area contributed by atoms with E-state index in [9.17, 15) is 4.79 Å². The molecule has 0 fully saturated rings. The molecule has 0 atom stereocenters. The second-order valence-electron chi connectivity index (χ2n) is 7.69. The number of carbonyl (C=O) groups excluding carboxylic acids is 1. The van der Waals surface area contributed by atoms with E-state index in [1.165, 1.54) is 21.3 Å². The average molecular weight is 491 g/mol. The number of aromatic nitrogens is 4. The quantitative estimate of drug-likeness (QED) is 0.363. The summed E-state index contributed by atoms with van der Waals surface area (Å²) in [7, 11) is 4.52. The van der Waals surface area contributed by atoms with Crippen molar-refractivity contribution in [1.82, 2.24) is 20.0 Å². The molecule has 0 saturated heterocycles. The van der Waals surface area contributed by atoms with E-state index < -0.39 is 6.03 Å². The van der Waals surface area contributed by atoms with Gasteiger partial charge in [-0.25, -0.2) is 9.48 Å². The number of hydrogen-bond acceptors (Lipinski definition) is 8. The van der Waals surface area contributed by atoms with Crippen molar-refractivity contribution in [3.8, 4) is 34.7 Å². The molecule has 11 nitrogen and oxygen atoms in total. The Labute approximate surface area is 208 Å². The van der Waals surface area contributed by atoms with Gasteiger partial charge in [0, 0.05) is 29.6 Å². The number of amides is 2. The van der Waals surface area contributed by atoms with Crippen LogP contribution in [0.2, 0.25) is 0 Å². The maximum atomic E-state index is 12.5. The maximum Gasteiger partial charge on any atom is 0.323 e. The number of urea groups is 1. The van der Waals surface area contributed by atoms with Crippen molar-refractivity contribution in [3.05, 3.63) is 66.0 Å². The van der Waals surface area contributed by atoms with Gasteiger partial charge < -0.3 is 29.6 Å². The number of ether oxygens (including phenoxy) is 4. The summed E-state index contributed by atoms with van der Waals surface area (Å²) < 4.78 is 23.4. The van der Waals surface area contributed by atoms with Crippen LogP contribution in [-0.2, 0) is 0 Å². The number of nitrogens with one attached hydrogen (secondary N) is 2. The van der Waals surface area contributed by atoms with E-state index in [0.29, 0.717) is 46.1 Å². The molecular weight excluding hydrogens is 464 g/mol. The largest absolute Gasteiger partial charge is 0.493 e. The first-order chi connectivity index (χ1) is 17.4. The van der Waals surface area contributed by atoms with Gasteiger partial charge in [-0.2, -0.15) is 5.10 Å². The Balaban J connectivity index is 1.37. The van der Waals surface area contributed by atoms with E-state index in [1.807, 2.05) is 19.9 Å². The normalized spacial score (nSPS) is 10.5. The summed E-state index contributed by atoms with van der Waals surface area (Å²) in [5.74, 6) is 2.78. The van der Waals surface area contributed by atoms with Crippen LogP contribution in [0.25, 0.3) is 5.82 Å². The second kappa shape index (κ2) is 10.6. The fourth-order valence-electron chi connectivity index (χ4n) is 3.51. The number of methoxy groups -OCH3 is 3. The summed E-state index contributed by atoms with van der Waals surface area (Å²) in [4.78, 5) is 12.5. The lowest BCUT2D eigenvalue weighted by molar-refractivity contribution is 0.262. The summed E-state index contributed by atoms with van der Waals surface area (Å²) in [6.45, 7) is 3.87. The number of rotatable bonds is 8. The van der Waals surface area contributed by atoms with Crippen LogP contribution in [-0.4, -0.2) is 47.3 Å². The van der Waals surface area contributed by atoms with Crippen molar-refractivity contribution in [2.45, 2.75) is 13.8 Å². The molecule has 2 amide bonds. The van der Waals surface area contributed by atoms with Crippen molar-refractivity contribution in [1.29, 1.82) is 0 Å². The molecule has 0 unspecified atom stereocenters. The predicted octanol–water partition coefficient (Wildman–Crippen LogP) is 4.74. The highest BCUT2D eigenvalue weighted by Gasteiger charge is 2.15. The minimum absolute atomic E-state index is 0.334. The topological polar surface area (TPSA) is 122 Å². The molecule has 4 rings (SSSR count). The highest BCUT2D eigenvalue weighted by molar-refractivity contribution is 6.00. The van der Waals surface area contributed by atoms with E-state index >= 15 is 0 Å². The molecule has 0 aliphatic heterocycles. The summed E-state index contributed by atoms with van der Waals surface area (Å²) in [6.07, 6.45) is 0. The van der Waals surface area contributed by atoms with Crippen molar-refractivity contribution >= 4 is 17.4 Å². The van der Waals surface area contributed by atoms with E-state index in [0.717, 1.165) is 11.4 Å². The Bertz CT molecular complexity index is 1330. The van der Waals surface area contributed by atoms with Gasteiger partial charge in [0.2, 0.25) is 11.6 Å². The summed E-state index contributed by atoms with van der Waals surface area (Å²) in [5, 5.41) is 18.2. The molecule has 36 heavy (non-hydrogen) atoms. The van der Waals surface area contributed by atoms with E-state index in [1.54, 1.807) is 53.2 Å². The maximum absolute atomic E-state index is 12.5. The summed E-state index contributed by atoms with van der Waals surface area (Å²) in [5.41, 5.74) is 2.91. The van der Waals surface area contributed by atoms with Gasteiger partial charge in [0.1, 0.15) is 5.75 Å². The fourth-order valence-corrected chi connectivity index (χ4v) is 3.51. The van der Waals surface area contributed by atoms with Crippen LogP contribution in [0.3, 0.4) is 0 Å². The van der Waals surface area contributed by atoms with Gasteiger partial charge in [0.05, 0.1) is 32.7 Å². The van der Waals surface area contributed by atoms with E-state index in [-0.39, 0.29) is 0 Å². The summed E-state index contributed by atoms with van der Waals surface area (Å²) >= 11 is 0. The lowest BCUT2D eigenvalue weighted by Gasteiger charge is -2.15. The minimum Gasteiger partial charge on any atom is -0.493 e. The first-order valence-corrected chi connectivity index (χ1v) is 10.9. The second-order valence-corrected chi connectivity index (χ2v) is 7.69. The number of hydrogen-bond donors (Lipinski definition) is 2. The van der Waals surface area contributed by atoms with Crippen LogP contribution < -0.4 is 29.6 Å². The van der Waals surface area contributed by atoms with Gasteiger partial charge in [0.25, 0.3) is 0 Å². The smallest absolute Gasteiger partial charge is 0.323 e. The molecule has 0 aliphatic rings. The zero-order valence-corrected chi connectivity index (χ0v) is 20.5. The van der Waals surface area contributed by atoms with Crippen molar-refractivity contribution < 1.29 is 23.7 Å². The zero-order valence-electron chi connectivity index (χ0n) is 20.5. The molecule has 4 aromatic rings. The van der Waals surface area contributed by atoms with Gasteiger partial charge >= 0.3 is 6.03 Å². The van der Waals surface area contributed by atoms with Gasteiger partial charge in [-0.05, 0) is 50.2 Å². The first kappa shape index (κ1) is 24.3. The number of nitrogens with zero attached hydrogens (tertiary/aromatic N) is 4. The van der Waals surface area contributed by atoms with Crippen LogP contribution in [0.4, 0.5) is 16.2 Å². The van der Waals surface area contributed by atoms with Gasteiger partial charge in [-0.1, -0.05) is 0 Å². The fraction of sp³-hybridized carbons (Fsp3) is 0.200. The molecule has 2 N–H and O–H groups in total. The van der Waals surface area contributed by atoms with Crippen molar-refractivity contribution in [3.63, 3.8) is 0 Å². The Hall–Kier alpha value is -4.80. The van der Waals surface area contributed by atoms with E-state index in [4.69, 9.17) is 18.9 Å². The average Bonchev–Trinajstić information content (AvgIpc) is 3.22. The zero-order chi connectivity index (χ0) is 25.7. The predicted molar refractivity (Wildman–Crippen MR) is 134 cm³/mol. The van der Waals surface area contributed by atoms with Gasteiger partial charge in [0.15, 0.2) is 17.3 Å². The third kappa shape index (κ3) is 5.46. The molecule has 2 heterocycles. The third-order valence-corrected chi connectivity index (χ3v) is 5.11. The molecule has 0 radical (unpaired) electrons. The van der Waals surface area contributed by atoms with Crippen LogP contribution >= 0.6 is 0 Å². The third-order valence-electron chi connectivity index (χ3n) is 5.11. The van der Waals surface area contributed by atoms with Gasteiger partial charge in [-0.3, -0.25) is 0 Å². The van der Waals surface area contributed by atoms with Crippen LogP contribution in [0.15, 0.2) is 54.6 Å².